The zero-order valence-electron chi connectivity index (χ0n) is 55.0. The lowest BCUT2D eigenvalue weighted by Crippen LogP contribution is -2.41. The van der Waals surface area contributed by atoms with Crippen LogP contribution in [-0.4, -0.2) is 36.6 Å². The number of rotatable bonds is 30. The summed E-state index contributed by atoms with van der Waals surface area (Å²) in [5.41, 5.74) is 18.0. The second-order valence-electron chi connectivity index (χ2n) is 28.2. The van der Waals surface area contributed by atoms with Gasteiger partial charge in [0.05, 0.1) is 22.4 Å². The van der Waals surface area contributed by atoms with Gasteiger partial charge in [-0.15, -0.1) is 0 Å². The standard InChI is InChI=1S/C43H68B2O4.C31H44Br2/c1-13-15-17-19-21-23-25-43(26-24-22-20-18-16-14-2)35-29-37(44-46-39(5,6)40(7,8)47-44)31(3)27-33(35)34-28-32(4)38(30-36(34)43)45-48-41(9,10)42(11,12)49-45;1-5-7-9-11-13-15-17-31(18-16-14-12-10-8-6-2)27-21-29(32)23(3)19-25(27)26-20-24(4)30(33)22-28(26)31/h27-30H,13-26H2,1-12H3;19-22H,5-18H2,1-4H3. The molecule has 0 unspecified atom stereocenters. The molecule has 0 atom stereocenters. The average Bonchev–Trinajstić information content (AvgIpc) is 4.13. The third kappa shape index (κ3) is 14.9. The fraction of sp³-hybridized carbons (Fsp3) is 0.676. The first-order valence-electron chi connectivity index (χ1n) is 33.6. The SMILES string of the molecule is CCCCCCCCC1(CCCCCCCC)c2cc(B3OC(C)(C)C(C)(C)O3)c(C)cc2-c2cc(C)c(B3OC(C)(C)C(C)(C)O3)cc21.CCCCCCCCC1(CCCCCCCC)c2cc(Br)c(C)cc2-c2cc(C)c(Br)cc21. The predicted octanol–water partition coefficient (Wildman–Crippen LogP) is 22.3. The first-order chi connectivity index (χ1) is 38.9. The van der Waals surface area contributed by atoms with E-state index in [9.17, 15) is 0 Å². The second kappa shape index (κ2) is 29.2. The van der Waals surface area contributed by atoms with E-state index in [-0.39, 0.29) is 47.5 Å². The monoisotopic (exact) mass is 1240 g/mol. The minimum Gasteiger partial charge on any atom is -0.399 e. The normalized spacial score (nSPS) is 18.1. The number of fused-ring (bicyclic) bond motifs is 6. The molecular weight excluding hydrogens is 1130 g/mol. The number of aryl methyl sites for hydroxylation is 4. The van der Waals surface area contributed by atoms with Gasteiger partial charge in [0.25, 0.3) is 0 Å². The Hall–Kier alpha value is -2.19. The van der Waals surface area contributed by atoms with E-state index in [1.165, 1.54) is 242 Å². The number of hydrogen-bond donors (Lipinski definition) is 0. The first kappa shape index (κ1) is 67.3. The Morgan fingerprint density at radius 2 is 0.524 bits per heavy atom. The van der Waals surface area contributed by atoms with Crippen molar-refractivity contribution in [1.29, 1.82) is 0 Å². The van der Waals surface area contributed by atoms with Gasteiger partial charge in [-0.05, 0) is 200 Å². The number of benzene rings is 4. The molecule has 8 heteroatoms. The maximum atomic E-state index is 6.70. The highest BCUT2D eigenvalue weighted by atomic mass is 79.9. The largest absolute Gasteiger partial charge is 0.495 e. The Labute approximate surface area is 520 Å². The Morgan fingerprint density at radius 3 is 0.780 bits per heavy atom. The summed E-state index contributed by atoms with van der Waals surface area (Å²) >= 11 is 7.77. The van der Waals surface area contributed by atoms with E-state index in [1.807, 2.05) is 0 Å². The molecule has 0 bridgehead atoms. The van der Waals surface area contributed by atoms with Crippen LogP contribution in [0, 0.1) is 27.7 Å². The molecule has 0 amide bonds. The summed E-state index contributed by atoms with van der Waals surface area (Å²) < 4.78 is 29.3. The molecule has 0 N–H and O–H groups in total. The number of halogens is 2. The smallest absolute Gasteiger partial charge is 0.399 e. The molecule has 2 fully saturated rings. The molecule has 4 aromatic rings. The fourth-order valence-electron chi connectivity index (χ4n) is 14.2. The molecule has 4 nitrogen and oxygen atoms in total. The third-order valence-corrected chi connectivity index (χ3v) is 22.6. The lowest BCUT2D eigenvalue weighted by atomic mass is 9.66. The van der Waals surface area contributed by atoms with Crippen LogP contribution in [0.4, 0.5) is 0 Å². The van der Waals surface area contributed by atoms with Crippen molar-refractivity contribution in [3.63, 3.8) is 0 Å². The van der Waals surface area contributed by atoms with Gasteiger partial charge in [0, 0.05) is 19.8 Å². The van der Waals surface area contributed by atoms with Crippen LogP contribution in [-0.2, 0) is 29.4 Å². The van der Waals surface area contributed by atoms with Crippen LogP contribution in [0.25, 0.3) is 22.3 Å². The van der Waals surface area contributed by atoms with Gasteiger partial charge in [0.2, 0.25) is 0 Å². The van der Waals surface area contributed by atoms with Gasteiger partial charge in [0.15, 0.2) is 0 Å². The van der Waals surface area contributed by atoms with Crippen LogP contribution in [0.15, 0.2) is 57.5 Å². The summed E-state index contributed by atoms with van der Waals surface area (Å²) in [5, 5.41) is 0. The van der Waals surface area contributed by atoms with Crippen LogP contribution in [0.5, 0.6) is 0 Å². The predicted molar refractivity (Wildman–Crippen MR) is 363 cm³/mol. The molecule has 0 aromatic heterocycles. The lowest BCUT2D eigenvalue weighted by molar-refractivity contribution is 0.00578. The summed E-state index contributed by atoms with van der Waals surface area (Å²) in [7, 11) is -0.747. The summed E-state index contributed by atoms with van der Waals surface area (Å²) in [6.07, 6.45) is 36.8. The zero-order chi connectivity index (χ0) is 59.7. The average molecular weight is 1250 g/mol. The van der Waals surface area contributed by atoms with Crippen molar-refractivity contribution in [2.24, 2.45) is 0 Å². The van der Waals surface area contributed by atoms with Crippen LogP contribution in [0.2, 0.25) is 0 Å². The minimum atomic E-state index is -0.380. The van der Waals surface area contributed by atoms with Crippen molar-refractivity contribution in [1.82, 2.24) is 0 Å². The highest BCUT2D eigenvalue weighted by Gasteiger charge is 2.55. The fourth-order valence-corrected chi connectivity index (χ4v) is 14.9. The molecule has 0 radical (unpaired) electrons. The van der Waals surface area contributed by atoms with E-state index < -0.39 is 0 Å². The molecule has 82 heavy (non-hydrogen) atoms. The summed E-state index contributed by atoms with van der Waals surface area (Å²) in [5.74, 6) is 0. The van der Waals surface area contributed by atoms with Gasteiger partial charge in [-0.1, -0.05) is 249 Å². The second-order valence-corrected chi connectivity index (χ2v) is 29.9. The van der Waals surface area contributed by atoms with Crippen molar-refractivity contribution < 1.29 is 18.6 Å². The summed E-state index contributed by atoms with van der Waals surface area (Å²) in [6.45, 7) is 35.5. The van der Waals surface area contributed by atoms with E-state index >= 15 is 0 Å². The van der Waals surface area contributed by atoms with Gasteiger partial charge in [-0.2, -0.15) is 0 Å². The molecular formula is C74H112B2Br2O4. The van der Waals surface area contributed by atoms with Crippen molar-refractivity contribution in [3.8, 4) is 22.3 Å². The molecule has 452 valence electrons. The van der Waals surface area contributed by atoms with Crippen molar-refractivity contribution in [3.05, 3.63) is 102 Å². The topological polar surface area (TPSA) is 36.9 Å². The Balaban J connectivity index is 0.000000255. The van der Waals surface area contributed by atoms with Crippen LogP contribution in [0.1, 0.15) is 307 Å². The Kier molecular flexibility index (Phi) is 24.0. The molecule has 2 heterocycles. The molecule has 0 saturated carbocycles. The highest BCUT2D eigenvalue weighted by molar-refractivity contribution is 9.10. The highest BCUT2D eigenvalue weighted by Crippen LogP contribution is 2.57. The number of hydrogen-bond acceptors (Lipinski definition) is 4. The molecule has 2 saturated heterocycles. The summed E-state index contributed by atoms with van der Waals surface area (Å²) in [4.78, 5) is 0. The van der Waals surface area contributed by atoms with E-state index in [0.717, 1.165) is 12.8 Å². The maximum Gasteiger partial charge on any atom is 0.495 e. The van der Waals surface area contributed by atoms with Gasteiger partial charge in [-0.25, -0.2) is 0 Å². The van der Waals surface area contributed by atoms with Gasteiger partial charge < -0.3 is 18.6 Å². The number of unbranched alkanes of at least 4 members (excludes halogenated alkanes) is 20. The van der Waals surface area contributed by atoms with Crippen molar-refractivity contribution in [2.45, 2.75) is 324 Å². The van der Waals surface area contributed by atoms with Gasteiger partial charge in [0.1, 0.15) is 0 Å². The Bertz CT molecular complexity index is 2520. The van der Waals surface area contributed by atoms with Gasteiger partial charge >= 0.3 is 14.2 Å². The lowest BCUT2D eigenvalue weighted by Gasteiger charge is -2.34. The molecule has 2 aliphatic heterocycles. The molecule has 4 aromatic carbocycles. The third-order valence-electron chi connectivity index (χ3n) is 20.9. The van der Waals surface area contributed by atoms with Gasteiger partial charge in [-0.3, -0.25) is 0 Å². The van der Waals surface area contributed by atoms with Crippen molar-refractivity contribution in [2.75, 3.05) is 0 Å². The zero-order valence-corrected chi connectivity index (χ0v) is 58.1. The van der Waals surface area contributed by atoms with Crippen LogP contribution < -0.4 is 10.9 Å². The maximum absolute atomic E-state index is 6.70. The van der Waals surface area contributed by atoms with Crippen LogP contribution >= 0.6 is 31.9 Å². The van der Waals surface area contributed by atoms with E-state index in [1.54, 1.807) is 11.1 Å². The van der Waals surface area contributed by atoms with Crippen molar-refractivity contribution >= 4 is 57.0 Å². The van der Waals surface area contributed by atoms with E-state index in [2.05, 4.69) is 191 Å². The summed E-state index contributed by atoms with van der Waals surface area (Å²) in [6, 6.07) is 19.7. The molecule has 8 rings (SSSR count). The van der Waals surface area contributed by atoms with E-state index in [0.29, 0.717) is 0 Å². The Morgan fingerprint density at radius 1 is 0.305 bits per heavy atom. The quantitative estimate of drug-likeness (QED) is 0.0385. The minimum absolute atomic E-state index is 0.0711. The molecule has 4 aliphatic rings. The molecule has 0 spiro atoms. The first-order valence-corrected chi connectivity index (χ1v) is 35.2. The van der Waals surface area contributed by atoms with E-state index in [4.69, 9.17) is 18.6 Å². The molecule has 2 aliphatic carbocycles. The van der Waals surface area contributed by atoms with Crippen LogP contribution in [0.3, 0.4) is 0 Å².